The second-order valence-electron chi connectivity index (χ2n) is 8.23. The van der Waals surface area contributed by atoms with Crippen molar-refractivity contribution < 1.29 is 0 Å². The van der Waals surface area contributed by atoms with Crippen LogP contribution in [0.1, 0.15) is 47.2 Å². The van der Waals surface area contributed by atoms with Gasteiger partial charge in [-0.2, -0.15) is 0 Å². The first-order valence-corrected chi connectivity index (χ1v) is 12.5. The van der Waals surface area contributed by atoms with E-state index in [2.05, 4.69) is 131 Å². The third-order valence-electron chi connectivity index (χ3n) is 6.65. The minimum atomic E-state index is -0.350. The predicted molar refractivity (Wildman–Crippen MR) is 138 cm³/mol. The molecule has 0 saturated heterocycles. The molecule has 1 aliphatic rings. The van der Waals surface area contributed by atoms with Gasteiger partial charge < -0.3 is 0 Å². The Kier molecular flexibility index (Phi) is 5.40. The quantitative estimate of drug-likeness (QED) is 0.217. The SMILES string of the molecule is CCc1ccc(C2(c3ccc(CC)cc3)c3cc(Br)ccc3-c3ccc(Br)cc32)cc1. The largest absolute Gasteiger partial charge is 0.0714 e. The summed E-state index contributed by atoms with van der Waals surface area (Å²) in [6.07, 6.45) is 2.09. The molecule has 154 valence electrons. The van der Waals surface area contributed by atoms with E-state index in [1.54, 1.807) is 0 Å². The zero-order valence-corrected chi connectivity index (χ0v) is 20.9. The summed E-state index contributed by atoms with van der Waals surface area (Å²) in [5.74, 6) is 0. The molecule has 0 saturated carbocycles. The highest BCUT2D eigenvalue weighted by atomic mass is 79.9. The van der Waals surface area contributed by atoms with E-state index in [1.165, 1.54) is 44.5 Å². The molecule has 0 N–H and O–H groups in total. The summed E-state index contributed by atoms with van der Waals surface area (Å²) in [4.78, 5) is 0. The second kappa shape index (κ2) is 8.07. The summed E-state index contributed by atoms with van der Waals surface area (Å²) >= 11 is 7.51. The molecule has 0 nitrogen and oxygen atoms in total. The van der Waals surface area contributed by atoms with Crippen LogP contribution in [0.25, 0.3) is 11.1 Å². The Bertz CT molecular complexity index is 1150. The standard InChI is InChI=1S/C29H24Br2/c1-3-19-5-9-21(10-6-19)29(22-11-7-20(4-2)8-12-22)27-17-23(30)13-15-25(27)26-16-14-24(31)18-28(26)29/h5-18H,3-4H2,1-2H3. The van der Waals surface area contributed by atoms with E-state index in [0.717, 1.165) is 21.8 Å². The van der Waals surface area contributed by atoms with Gasteiger partial charge in [0.25, 0.3) is 0 Å². The van der Waals surface area contributed by atoms with Gasteiger partial charge in [0.15, 0.2) is 0 Å². The van der Waals surface area contributed by atoms with Crippen molar-refractivity contribution in [1.82, 2.24) is 0 Å². The van der Waals surface area contributed by atoms with E-state index in [1.807, 2.05) is 0 Å². The molecule has 31 heavy (non-hydrogen) atoms. The summed E-state index contributed by atoms with van der Waals surface area (Å²) in [5.41, 5.74) is 10.3. The Labute approximate surface area is 201 Å². The van der Waals surface area contributed by atoms with Crippen LogP contribution in [0.5, 0.6) is 0 Å². The second-order valence-corrected chi connectivity index (χ2v) is 10.1. The van der Waals surface area contributed by atoms with E-state index in [0.29, 0.717) is 0 Å². The Morgan fingerprint density at radius 3 is 1.29 bits per heavy atom. The van der Waals surface area contributed by atoms with Gasteiger partial charge in [-0.3, -0.25) is 0 Å². The van der Waals surface area contributed by atoms with Gasteiger partial charge >= 0.3 is 0 Å². The third-order valence-corrected chi connectivity index (χ3v) is 7.64. The van der Waals surface area contributed by atoms with Crippen LogP contribution in [0, 0.1) is 0 Å². The molecule has 0 radical (unpaired) electrons. The lowest BCUT2D eigenvalue weighted by molar-refractivity contribution is 0.765. The molecule has 0 unspecified atom stereocenters. The first-order valence-electron chi connectivity index (χ1n) is 10.9. The fraction of sp³-hybridized carbons (Fsp3) is 0.172. The molecule has 0 aliphatic heterocycles. The molecule has 4 aromatic carbocycles. The number of benzene rings is 4. The van der Waals surface area contributed by atoms with Crippen molar-refractivity contribution in [1.29, 1.82) is 0 Å². The predicted octanol–water partition coefficient (Wildman–Crippen LogP) is 8.70. The number of halogens is 2. The summed E-state index contributed by atoms with van der Waals surface area (Å²) in [5, 5.41) is 0. The molecule has 0 amide bonds. The van der Waals surface area contributed by atoms with Crippen LogP contribution in [0.3, 0.4) is 0 Å². The topological polar surface area (TPSA) is 0 Å². The number of aryl methyl sites for hydroxylation is 2. The molecular weight excluding hydrogens is 508 g/mol. The zero-order valence-electron chi connectivity index (χ0n) is 17.8. The van der Waals surface area contributed by atoms with Crippen molar-refractivity contribution in [2.45, 2.75) is 32.1 Å². The maximum Gasteiger partial charge on any atom is 0.0714 e. The number of hydrogen-bond acceptors (Lipinski definition) is 0. The van der Waals surface area contributed by atoms with Crippen molar-refractivity contribution in [2.24, 2.45) is 0 Å². The van der Waals surface area contributed by atoms with Gasteiger partial charge in [-0.25, -0.2) is 0 Å². The van der Waals surface area contributed by atoms with Gasteiger partial charge in [-0.1, -0.05) is 106 Å². The van der Waals surface area contributed by atoms with Crippen molar-refractivity contribution in [3.05, 3.63) is 127 Å². The van der Waals surface area contributed by atoms with E-state index >= 15 is 0 Å². The molecule has 5 rings (SSSR count). The average Bonchev–Trinajstić information content (AvgIpc) is 3.08. The summed E-state index contributed by atoms with van der Waals surface area (Å²) in [7, 11) is 0. The van der Waals surface area contributed by atoms with E-state index in [-0.39, 0.29) is 5.41 Å². The molecular formula is C29H24Br2. The first kappa shape index (κ1) is 20.7. The molecule has 1 aliphatic carbocycles. The molecule has 0 fully saturated rings. The Morgan fingerprint density at radius 1 is 0.548 bits per heavy atom. The maximum atomic E-state index is 3.76. The molecule has 0 atom stereocenters. The third kappa shape index (κ3) is 3.23. The van der Waals surface area contributed by atoms with Crippen molar-refractivity contribution >= 4 is 31.9 Å². The fourth-order valence-corrected chi connectivity index (χ4v) is 5.76. The van der Waals surface area contributed by atoms with Crippen LogP contribution in [0.2, 0.25) is 0 Å². The van der Waals surface area contributed by atoms with Crippen LogP contribution >= 0.6 is 31.9 Å². The zero-order chi connectivity index (χ0) is 21.6. The maximum absolute atomic E-state index is 3.76. The van der Waals surface area contributed by atoms with Gasteiger partial charge in [-0.05, 0) is 81.6 Å². The summed E-state index contributed by atoms with van der Waals surface area (Å²) in [6.45, 7) is 4.42. The molecule has 0 heterocycles. The fourth-order valence-electron chi connectivity index (χ4n) is 5.04. The highest BCUT2D eigenvalue weighted by molar-refractivity contribution is 9.10. The van der Waals surface area contributed by atoms with E-state index in [9.17, 15) is 0 Å². The molecule has 4 aromatic rings. The minimum Gasteiger partial charge on any atom is -0.0613 e. The van der Waals surface area contributed by atoms with Crippen LogP contribution in [-0.2, 0) is 18.3 Å². The molecule has 2 heteroatoms. The van der Waals surface area contributed by atoms with Crippen molar-refractivity contribution in [3.8, 4) is 11.1 Å². The lowest BCUT2D eigenvalue weighted by Gasteiger charge is -2.34. The molecule has 0 spiro atoms. The minimum absolute atomic E-state index is 0.350. The van der Waals surface area contributed by atoms with Crippen LogP contribution < -0.4 is 0 Å². The van der Waals surface area contributed by atoms with Crippen LogP contribution in [-0.4, -0.2) is 0 Å². The average molecular weight is 532 g/mol. The normalized spacial score (nSPS) is 13.7. The molecule has 0 aromatic heterocycles. The number of rotatable bonds is 4. The van der Waals surface area contributed by atoms with Crippen LogP contribution in [0.15, 0.2) is 93.9 Å². The Balaban J connectivity index is 1.91. The van der Waals surface area contributed by atoms with Gasteiger partial charge in [0.05, 0.1) is 5.41 Å². The van der Waals surface area contributed by atoms with Crippen molar-refractivity contribution in [3.63, 3.8) is 0 Å². The Hall–Kier alpha value is -2.16. The van der Waals surface area contributed by atoms with E-state index < -0.39 is 0 Å². The summed E-state index contributed by atoms with van der Waals surface area (Å²) in [6, 6.07) is 31.9. The number of hydrogen-bond donors (Lipinski definition) is 0. The molecule has 0 bridgehead atoms. The van der Waals surface area contributed by atoms with Gasteiger partial charge in [-0.15, -0.1) is 0 Å². The van der Waals surface area contributed by atoms with Gasteiger partial charge in [0, 0.05) is 8.95 Å². The smallest absolute Gasteiger partial charge is 0.0613 e. The number of fused-ring (bicyclic) bond motifs is 3. The van der Waals surface area contributed by atoms with E-state index in [4.69, 9.17) is 0 Å². The Morgan fingerprint density at radius 2 is 0.935 bits per heavy atom. The van der Waals surface area contributed by atoms with Crippen LogP contribution in [0.4, 0.5) is 0 Å². The summed E-state index contributed by atoms with van der Waals surface area (Å²) < 4.78 is 2.22. The lowest BCUT2D eigenvalue weighted by Crippen LogP contribution is -2.28. The first-order chi connectivity index (χ1) is 15.1. The lowest BCUT2D eigenvalue weighted by atomic mass is 9.67. The highest BCUT2D eigenvalue weighted by Gasteiger charge is 2.46. The monoisotopic (exact) mass is 530 g/mol. The van der Waals surface area contributed by atoms with Gasteiger partial charge in [0.1, 0.15) is 0 Å². The van der Waals surface area contributed by atoms with Gasteiger partial charge in [0.2, 0.25) is 0 Å². The highest BCUT2D eigenvalue weighted by Crippen LogP contribution is 2.57. The van der Waals surface area contributed by atoms with Crippen molar-refractivity contribution in [2.75, 3.05) is 0 Å².